The van der Waals surface area contributed by atoms with Crippen molar-refractivity contribution < 1.29 is 14.6 Å². The quantitative estimate of drug-likeness (QED) is 0.394. The van der Waals surface area contributed by atoms with Crippen molar-refractivity contribution in [2.45, 2.75) is 31.9 Å². The van der Waals surface area contributed by atoms with Crippen LogP contribution in [-0.4, -0.2) is 48.1 Å². The SMILES string of the molecule is Cc1cc(OC2CCN(C)CC2)cc(C(Nc2ccc(C(=N)N)cc2)C(=O)O)c1.Cl. The van der Waals surface area contributed by atoms with Gasteiger partial charge >= 0.3 is 5.97 Å². The molecular weight excluding hydrogens is 404 g/mol. The molecule has 1 atom stereocenters. The normalized spacial score (nSPS) is 15.7. The summed E-state index contributed by atoms with van der Waals surface area (Å²) in [7, 11) is 2.10. The number of nitrogen functional groups attached to an aromatic ring is 1. The van der Waals surface area contributed by atoms with E-state index in [0.717, 1.165) is 31.5 Å². The van der Waals surface area contributed by atoms with Crippen LogP contribution in [-0.2, 0) is 4.79 Å². The molecule has 3 rings (SSSR count). The van der Waals surface area contributed by atoms with E-state index in [9.17, 15) is 9.90 Å². The molecule has 2 aromatic carbocycles. The molecule has 162 valence electrons. The van der Waals surface area contributed by atoms with Gasteiger partial charge in [-0.05, 0) is 74.3 Å². The van der Waals surface area contributed by atoms with Gasteiger partial charge in [0, 0.05) is 24.3 Å². The zero-order valence-corrected chi connectivity index (χ0v) is 18.0. The number of hydrogen-bond acceptors (Lipinski definition) is 5. The molecule has 5 N–H and O–H groups in total. The number of nitrogens with two attached hydrogens (primary N) is 1. The Balaban J connectivity index is 0.00000320. The number of aliphatic carboxylic acids is 1. The molecule has 0 radical (unpaired) electrons. The molecule has 7 nitrogen and oxygen atoms in total. The Bertz CT molecular complexity index is 880. The fourth-order valence-electron chi connectivity index (χ4n) is 3.51. The van der Waals surface area contributed by atoms with Gasteiger partial charge in [0.1, 0.15) is 17.7 Å². The minimum atomic E-state index is -0.975. The van der Waals surface area contributed by atoms with Crippen LogP contribution in [0.3, 0.4) is 0 Å². The summed E-state index contributed by atoms with van der Waals surface area (Å²) in [6.45, 7) is 3.93. The summed E-state index contributed by atoms with van der Waals surface area (Å²) in [5.41, 5.74) is 8.29. The second-order valence-electron chi connectivity index (χ2n) is 7.61. The Morgan fingerprint density at radius 3 is 2.43 bits per heavy atom. The van der Waals surface area contributed by atoms with Gasteiger partial charge in [0.25, 0.3) is 0 Å². The molecule has 8 heteroatoms. The molecule has 2 aromatic rings. The van der Waals surface area contributed by atoms with E-state index in [-0.39, 0.29) is 24.3 Å². The van der Waals surface area contributed by atoms with Gasteiger partial charge in [-0.25, -0.2) is 4.79 Å². The lowest BCUT2D eigenvalue weighted by molar-refractivity contribution is -0.138. The van der Waals surface area contributed by atoms with E-state index in [2.05, 4.69) is 17.3 Å². The molecular formula is C22H29ClN4O3. The average Bonchev–Trinajstić information content (AvgIpc) is 2.67. The van der Waals surface area contributed by atoms with Crippen LogP contribution in [0, 0.1) is 12.3 Å². The predicted molar refractivity (Wildman–Crippen MR) is 121 cm³/mol. The first-order valence-electron chi connectivity index (χ1n) is 9.72. The number of halogens is 1. The maximum Gasteiger partial charge on any atom is 0.330 e. The van der Waals surface area contributed by atoms with Crippen LogP contribution < -0.4 is 15.8 Å². The number of nitrogens with one attached hydrogen (secondary N) is 2. The molecule has 0 aliphatic carbocycles. The molecule has 1 aliphatic heterocycles. The first kappa shape index (κ1) is 23.5. The highest BCUT2D eigenvalue weighted by Crippen LogP contribution is 2.27. The van der Waals surface area contributed by atoms with Crippen molar-refractivity contribution >= 4 is 29.9 Å². The molecule has 1 fully saturated rings. The summed E-state index contributed by atoms with van der Waals surface area (Å²) >= 11 is 0. The highest BCUT2D eigenvalue weighted by molar-refractivity contribution is 5.95. The highest BCUT2D eigenvalue weighted by atomic mass is 35.5. The van der Waals surface area contributed by atoms with Gasteiger partial charge < -0.3 is 25.8 Å². The number of rotatable bonds is 7. The average molecular weight is 433 g/mol. The number of likely N-dealkylation sites (tertiary alicyclic amines) is 1. The number of carboxylic acid groups (broad SMARTS) is 1. The van der Waals surface area contributed by atoms with E-state index in [0.29, 0.717) is 22.6 Å². The van der Waals surface area contributed by atoms with Crippen LogP contribution in [0.25, 0.3) is 0 Å². The topological polar surface area (TPSA) is 112 Å². The number of nitrogens with zero attached hydrogens (tertiary/aromatic N) is 1. The Morgan fingerprint density at radius 1 is 1.23 bits per heavy atom. The molecule has 0 bridgehead atoms. The molecule has 0 aromatic heterocycles. The monoisotopic (exact) mass is 432 g/mol. The van der Waals surface area contributed by atoms with Crippen LogP contribution in [0.2, 0.25) is 0 Å². The summed E-state index contributed by atoms with van der Waals surface area (Å²) in [6.07, 6.45) is 2.07. The number of piperidine rings is 1. The molecule has 1 aliphatic rings. The molecule has 1 saturated heterocycles. The number of carboxylic acids is 1. The number of aryl methyl sites for hydroxylation is 1. The van der Waals surface area contributed by atoms with Gasteiger partial charge in [-0.3, -0.25) is 5.41 Å². The van der Waals surface area contributed by atoms with Crippen molar-refractivity contribution in [3.05, 3.63) is 59.2 Å². The van der Waals surface area contributed by atoms with E-state index >= 15 is 0 Å². The van der Waals surface area contributed by atoms with Gasteiger partial charge in [0.15, 0.2) is 6.04 Å². The van der Waals surface area contributed by atoms with Gasteiger partial charge in [0.05, 0.1) is 0 Å². The van der Waals surface area contributed by atoms with Gasteiger partial charge in [0.2, 0.25) is 0 Å². The van der Waals surface area contributed by atoms with Gasteiger partial charge in [-0.15, -0.1) is 12.4 Å². The van der Waals surface area contributed by atoms with E-state index < -0.39 is 12.0 Å². The summed E-state index contributed by atoms with van der Waals surface area (Å²) in [5.74, 6) is -0.299. The summed E-state index contributed by atoms with van der Waals surface area (Å²) < 4.78 is 6.16. The number of anilines is 1. The fourth-order valence-corrected chi connectivity index (χ4v) is 3.51. The third-order valence-corrected chi connectivity index (χ3v) is 5.13. The van der Waals surface area contributed by atoms with Crippen LogP contribution in [0.1, 0.15) is 35.6 Å². The van der Waals surface area contributed by atoms with Crippen molar-refractivity contribution in [3.8, 4) is 5.75 Å². The highest BCUT2D eigenvalue weighted by Gasteiger charge is 2.23. The van der Waals surface area contributed by atoms with Crippen LogP contribution >= 0.6 is 12.4 Å². The largest absolute Gasteiger partial charge is 0.490 e. The molecule has 1 unspecified atom stereocenters. The fraction of sp³-hybridized carbons (Fsp3) is 0.364. The zero-order valence-electron chi connectivity index (χ0n) is 17.2. The van der Waals surface area contributed by atoms with Crippen molar-refractivity contribution in [2.24, 2.45) is 5.73 Å². The Labute approximate surface area is 183 Å². The first-order chi connectivity index (χ1) is 13.8. The summed E-state index contributed by atoms with van der Waals surface area (Å²) in [4.78, 5) is 14.2. The van der Waals surface area contributed by atoms with Crippen molar-refractivity contribution in [1.29, 1.82) is 5.41 Å². The lowest BCUT2D eigenvalue weighted by Crippen LogP contribution is -2.35. The summed E-state index contributed by atoms with van der Waals surface area (Å²) in [5, 5.41) is 20.3. The number of hydrogen-bond donors (Lipinski definition) is 4. The van der Waals surface area contributed by atoms with E-state index in [1.807, 2.05) is 19.1 Å². The number of amidine groups is 1. The minimum Gasteiger partial charge on any atom is -0.490 e. The van der Waals surface area contributed by atoms with Crippen LogP contribution in [0.5, 0.6) is 5.75 Å². The van der Waals surface area contributed by atoms with Crippen LogP contribution in [0.4, 0.5) is 5.69 Å². The molecule has 0 saturated carbocycles. The molecule has 1 heterocycles. The van der Waals surface area contributed by atoms with Crippen molar-refractivity contribution in [3.63, 3.8) is 0 Å². The zero-order chi connectivity index (χ0) is 21.0. The van der Waals surface area contributed by atoms with E-state index in [1.165, 1.54) is 0 Å². The number of benzene rings is 2. The van der Waals surface area contributed by atoms with E-state index in [4.69, 9.17) is 15.9 Å². The summed E-state index contributed by atoms with van der Waals surface area (Å²) in [6, 6.07) is 11.5. The second-order valence-corrected chi connectivity index (χ2v) is 7.61. The Kier molecular flexibility index (Phi) is 8.08. The number of carbonyl (C=O) groups is 1. The van der Waals surface area contributed by atoms with Gasteiger partial charge in [-0.1, -0.05) is 6.07 Å². The Hall–Kier alpha value is -2.77. The lowest BCUT2D eigenvalue weighted by Gasteiger charge is -2.29. The molecule has 30 heavy (non-hydrogen) atoms. The maximum absolute atomic E-state index is 12.0. The first-order valence-corrected chi connectivity index (χ1v) is 9.72. The predicted octanol–water partition coefficient (Wildman–Crippen LogP) is 3.41. The van der Waals surface area contributed by atoms with Crippen LogP contribution in [0.15, 0.2) is 42.5 Å². The van der Waals surface area contributed by atoms with Crippen molar-refractivity contribution in [1.82, 2.24) is 4.90 Å². The second kappa shape index (κ2) is 10.3. The molecule has 0 amide bonds. The standard InChI is InChI=1S/C22H28N4O3.ClH/c1-14-11-16(13-19(12-14)29-18-7-9-26(2)10-8-18)20(22(27)28)25-17-5-3-15(4-6-17)21(23)24;/h3-6,11-13,18,20,25H,7-10H2,1-2H3,(H3,23,24)(H,27,28);1H. The van der Waals surface area contributed by atoms with Gasteiger partial charge in [-0.2, -0.15) is 0 Å². The van der Waals surface area contributed by atoms with E-state index in [1.54, 1.807) is 30.3 Å². The Morgan fingerprint density at radius 2 is 1.87 bits per heavy atom. The third-order valence-electron chi connectivity index (χ3n) is 5.13. The maximum atomic E-state index is 12.0. The lowest BCUT2D eigenvalue weighted by atomic mass is 10.0. The smallest absolute Gasteiger partial charge is 0.330 e. The third kappa shape index (κ3) is 6.11. The minimum absolute atomic E-state index is 0. The van der Waals surface area contributed by atoms with Crippen molar-refractivity contribution in [2.75, 3.05) is 25.5 Å². The molecule has 0 spiro atoms. The number of ether oxygens (including phenoxy) is 1.